The van der Waals surface area contributed by atoms with Crippen molar-refractivity contribution in [3.63, 3.8) is 0 Å². The molecular formula is C7H5BrFNO3. The molecule has 0 atom stereocenters. The molecule has 0 spiro atoms. The summed E-state index contributed by atoms with van der Waals surface area (Å²) in [6.45, 7) is 0. The molecule has 1 aromatic carbocycles. The Bertz CT molecular complexity index is 356. The number of methoxy groups -OCH3 is 1. The summed E-state index contributed by atoms with van der Waals surface area (Å²) in [4.78, 5) is 9.78. The van der Waals surface area contributed by atoms with E-state index in [4.69, 9.17) is 4.74 Å². The third-order valence-corrected chi connectivity index (χ3v) is 2.19. The van der Waals surface area contributed by atoms with Gasteiger partial charge in [0.2, 0.25) is 0 Å². The first-order valence-electron chi connectivity index (χ1n) is 3.24. The number of nitro benzene ring substituents is 1. The zero-order valence-electron chi connectivity index (χ0n) is 6.58. The van der Waals surface area contributed by atoms with Crippen LogP contribution in [0.3, 0.4) is 0 Å². The van der Waals surface area contributed by atoms with Crippen LogP contribution in [0.2, 0.25) is 0 Å². The highest BCUT2D eigenvalue weighted by molar-refractivity contribution is 9.10. The number of nitro groups is 1. The Morgan fingerprint density at radius 2 is 2.23 bits per heavy atom. The van der Waals surface area contributed by atoms with E-state index in [9.17, 15) is 14.5 Å². The zero-order chi connectivity index (χ0) is 10.0. The van der Waals surface area contributed by atoms with Gasteiger partial charge in [-0.15, -0.1) is 0 Å². The minimum Gasteiger partial charge on any atom is -0.490 e. The number of rotatable bonds is 2. The molecular weight excluding hydrogens is 245 g/mol. The van der Waals surface area contributed by atoms with Crippen LogP contribution in [-0.2, 0) is 0 Å². The van der Waals surface area contributed by atoms with Crippen molar-refractivity contribution >= 4 is 21.6 Å². The Kier molecular flexibility index (Phi) is 2.82. The first kappa shape index (κ1) is 9.91. The van der Waals surface area contributed by atoms with Crippen molar-refractivity contribution in [1.29, 1.82) is 0 Å². The van der Waals surface area contributed by atoms with Gasteiger partial charge in [0, 0.05) is 0 Å². The number of hydrogen-bond donors (Lipinski definition) is 0. The maximum atomic E-state index is 12.8. The molecule has 0 aliphatic heterocycles. The van der Waals surface area contributed by atoms with E-state index in [1.807, 2.05) is 0 Å². The molecule has 0 fully saturated rings. The number of benzene rings is 1. The molecule has 1 aromatic rings. The van der Waals surface area contributed by atoms with Crippen LogP contribution in [0.4, 0.5) is 10.1 Å². The molecule has 0 heterocycles. The van der Waals surface area contributed by atoms with Crippen molar-refractivity contribution in [3.05, 3.63) is 32.5 Å². The molecule has 0 aliphatic rings. The van der Waals surface area contributed by atoms with Crippen LogP contribution in [0.15, 0.2) is 16.6 Å². The average molecular weight is 250 g/mol. The quantitative estimate of drug-likeness (QED) is 0.598. The van der Waals surface area contributed by atoms with Gasteiger partial charge in [0.15, 0.2) is 5.75 Å². The van der Waals surface area contributed by atoms with Crippen molar-refractivity contribution in [2.24, 2.45) is 0 Å². The summed E-state index contributed by atoms with van der Waals surface area (Å²) in [7, 11) is 1.28. The lowest BCUT2D eigenvalue weighted by atomic mass is 10.3. The van der Waals surface area contributed by atoms with E-state index in [-0.39, 0.29) is 10.2 Å². The van der Waals surface area contributed by atoms with Gasteiger partial charge in [0.05, 0.1) is 12.0 Å². The SMILES string of the molecule is COc1ccc(F)c(Br)c1[N+](=O)[O-]. The van der Waals surface area contributed by atoms with E-state index in [0.29, 0.717) is 0 Å². The fourth-order valence-corrected chi connectivity index (χ4v) is 1.33. The van der Waals surface area contributed by atoms with E-state index >= 15 is 0 Å². The van der Waals surface area contributed by atoms with E-state index in [2.05, 4.69) is 15.9 Å². The van der Waals surface area contributed by atoms with Gasteiger partial charge in [-0.25, -0.2) is 4.39 Å². The van der Waals surface area contributed by atoms with Gasteiger partial charge in [-0.05, 0) is 28.1 Å². The second-order valence-electron chi connectivity index (χ2n) is 2.17. The third-order valence-electron chi connectivity index (χ3n) is 1.43. The van der Waals surface area contributed by atoms with E-state index in [1.165, 1.54) is 13.2 Å². The van der Waals surface area contributed by atoms with Crippen LogP contribution in [-0.4, -0.2) is 12.0 Å². The number of halogens is 2. The lowest BCUT2D eigenvalue weighted by Crippen LogP contribution is -1.96. The summed E-state index contributed by atoms with van der Waals surface area (Å²) in [5.41, 5.74) is -0.400. The van der Waals surface area contributed by atoms with E-state index in [0.717, 1.165) is 6.07 Å². The molecule has 1 rings (SSSR count). The number of nitrogens with zero attached hydrogens (tertiary/aromatic N) is 1. The highest BCUT2D eigenvalue weighted by atomic mass is 79.9. The summed E-state index contributed by atoms with van der Waals surface area (Å²) in [5, 5.41) is 10.5. The van der Waals surface area contributed by atoms with Crippen LogP contribution in [0.5, 0.6) is 5.75 Å². The molecule has 0 radical (unpaired) electrons. The summed E-state index contributed by atoms with van der Waals surface area (Å²) < 4.78 is 17.4. The van der Waals surface area contributed by atoms with E-state index in [1.54, 1.807) is 0 Å². The molecule has 0 unspecified atom stereocenters. The van der Waals surface area contributed by atoms with Gasteiger partial charge < -0.3 is 4.74 Å². The molecule has 0 saturated heterocycles. The molecule has 4 nitrogen and oxygen atoms in total. The molecule has 0 aromatic heterocycles. The van der Waals surface area contributed by atoms with Gasteiger partial charge >= 0.3 is 5.69 Å². The van der Waals surface area contributed by atoms with Crippen molar-refractivity contribution < 1.29 is 14.1 Å². The smallest absolute Gasteiger partial charge is 0.327 e. The summed E-state index contributed by atoms with van der Waals surface area (Å²) in [5.74, 6) is -0.661. The topological polar surface area (TPSA) is 52.4 Å². The second kappa shape index (κ2) is 3.69. The Hall–Kier alpha value is -1.17. The number of ether oxygens (including phenoxy) is 1. The molecule has 6 heteroatoms. The minimum absolute atomic E-state index is 0.0262. The minimum atomic E-state index is -0.702. The van der Waals surface area contributed by atoms with Crippen molar-refractivity contribution in [3.8, 4) is 5.75 Å². The Morgan fingerprint density at radius 3 is 2.69 bits per heavy atom. The first-order valence-corrected chi connectivity index (χ1v) is 4.03. The molecule has 0 aliphatic carbocycles. The van der Waals surface area contributed by atoms with Gasteiger partial charge in [0.25, 0.3) is 0 Å². The lowest BCUT2D eigenvalue weighted by Gasteiger charge is -2.02. The normalized spacial score (nSPS) is 9.77. The van der Waals surface area contributed by atoms with Gasteiger partial charge in [-0.2, -0.15) is 0 Å². The Balaban J connectivity index is 3.41. The maximum Gasteiger partial charge on any atom is 0.327 e. The maximum absolute atomic E-state index is 12.8. The van der Waals surface area contributed by atoms with Crippen LogP contribution < -0.4 is 4.74 Å². The second-order valence-corrected chi connectivity index (χ2v) is 2.96. The molecule has 0 saturated carbocycles. The van der Waals surface area contributed by atoms with Gasteiger partial charge in [-0.3, -0.25) is 10.1 Å². The third kappa shape index (κ3) is 1.77. The molecule has 70 valence electrons. The van der Waals surface area contributed by atoms with Crippen LogP contribution >= 0.6 is 15.9 Å². The van der Waals surface area contributed by atoms with E-state index < -0.39 is 16.4 Å². The van der Waals surface area contributed by atoms with Gasteiger partial charge in [0.1, 0.15) is 10.3 Å². The van der Waals surface area contributed by atoms with Crippen molar-refractivity contribution in [1.82, 2.24) is 0 Å². The summed E-state index contributed by atoms with van der Waals surface area (Å²) in [6.07, 6.45) is 0. The fraction of sp³-hybridized carbons (Fsp3) is 0.143. The molecule has 0 amide bonds. The Morgan fingerprint density at radius 1 is 1.62 bits per heavy atom. The first-order chi connectivity index (χ1) is 6.07. The monoisotopic (exact) mass is 249 g/mol. The zero-order valence-corrected chi connectivity index (χ0v) is 8.17. The molecule has 0 N–H and O–H groups in total. The average Bonchev–Trinajstić information content (AvgIpc) is 2.08. The lowest BCUT2D eigenvalue weighted by molar-refractivity contribution is -0.386. The molecule has 0 bridgehead atoms. The van der Waals surface area contributed by atoms with Crippen LogP contribution in [0, 0.1) is 15.9 Å². The predicted octanol–water partition coefficient (Wildman–Crippen LogP) is 2.51. The largest absolute Gasteiger partial charge is 0.490 e. The fourth-order valence-electron chi connectivity index (χ4n) is 0.857. The van der Waals surface area contributed by atoms with Crippen molar-refractivity contribution in [2.75, 3.05) is 7.11 Å². The van der Waals surface area contributed by atoms with Crippen LogP contribution in [0.25, 0.3) is 0 Å². The predicted molar refractivity (Wildman–Crippen MR) is 47.3 cm³/mol. The summed E-state index contributed by atoms with van der Waals surface area (Å²) >= 11 is 2.78. The number of hydrogen-bond acceptors (Lipinski definition) is 3. The van der Waals surface area contributed by atoms with Crippen molar-refractivity contribution in [2.45, 2.75) is 0 Å². The Labute approximate surface area is 81.6 Å². The highest BCUT2D eigenvalue weighted by Crippen LogP contribution is 2.36. The standard InChI is InChI=1S/C7H5BrFNO3/c1-13-5-3-2-4(9)6(8)7(5)10(11)12/h2-3H,1H3. The molecule has 13 heavy (non-hydrogen) atoms. The highest BCUT2D eigenvalue weighted by Gasteiger charge is 2.22. The van der Waals surface area contributed by atoms with Gasteiger partial charge in [-0.1, -0.05) is 0 Å². The summed E-state index contributed by atoms with van der Waals surface area (Å²) in [6, 6.07) is 2.30. The van der Waals surface area contributed by atoms with Crippen LogP contribution in [0.1, 0.15) is 0 Å².